The Labute approximate surface area is 301 Å². The molecule has 11 nitrogen and oxygen atoms in total. The van der Waals surface area contributed by atoms with Crippen LogP contribution in [0.3, 0.4) is 0 Å². The maximum Gasteiger partial charge on any atom is 0.219 e. The van der Waals surface area contributed by atoms with Crippen LogP contribution in [-0.2, 0) is 9.59 Å². The van der Waals surface area contributed by atoms with Gasteiger partial charge in [-0.3, -0.25) is 14.6 Å². The van der Waals surface area contributed by atoms with Crippen LogP contribution in [0.5, 0.6) is 0 Å². The lowest BCUT2D eigenvalue weighted by Crippen LogP contribution is -2.39. The predicted octanol–water partition coefficient (Wildman–Crippen LogP) is 6.74. The van der Waals surface area contributed by atoms with Gasteiger partial charge in [-0.1, -0.05) is 32.9 Å². The zero-order valence-corrected chi connectivity index (χ0v) is 32.8. The van der Waals surface area contributed by atoms with E-state index in [9.17, 15) is 9.59 Å². The first kappa shape index (κ1) is 43.7. The largest absolute Gasteiger partial charge is 0.396 e. The zero-order valence-electron chi connectivity index (χ0n) is 32.8. The Morgan fingerprint density at radius 3 is 2.28 bits per heavy atom. The number of hydrogen-bond acceptors (Lipinski definition) is 9. The Hall–Kier alpha value is -4.30. The molecule has 1 aromatic rings. The van der Waals surface area contributed by atoms with Crippen LogP contribution in [-0.4, -0.2) is 93.5 Å². The molecule has 1 amide bonds. The molecule has 3 heterocycles. The van der Waals surface area contributed by atoms with Gasteiger partial charge in [0.05, 0.1) is 17.6 Å². The van der Waals surface area contributed by atoms with E-state index in [0.29, 0.717) is 42.7 Å². The maximum atomic E-state index is 12.4. The topological polar surface area (TPSA) is 128 Å². The van der Waals surface area contributed by atoms with E-state index in [0.717, 1.165) is 47.5 Å². The molecule has 0 saturated carbocycles. The van der Waals surface area contributed by atoms with Gasteiger partial charge >= 0.3 is 0 Å². The number of hydrazone groups is 1. The molecule has 2 N–H and O–H groups in total. The number of amides is 1. The Kier molecular flexibility index (Phi) is 19.0. The van der Waals surface area contributed by atoms with E-state index >= 15 is 0 Å². The standard InChI is InChI=1S/C32H48N8O2.C4H10O.C3H4/c1-11-33-31(22(4)25(7)41)40-32(36-23(5)20(2)17-28-16-15-21(3)39(28)26(8)42)29(19-35-40)27-13-12-14-30(34-18-27)24(6)37-38(9)10;1-4(2)3-5;1-3-2/h13-14,18-21,28,33H,11-12,15-17H2,1-10H3;4-5H,3H2,1-2H3;1H,2H3/b31-22+,36-23+,37-24+;;. The molecule has 3 atom stereocenters. The van der Waals surface area contributed by atoms with Crippen molar-refractivity contribution in [2.45, 2.75) is 114 Å². The van der Waals surface area contributed by atoms with Crippen molar-refractivity contribution in [2.24, 2.45) is 26.9 Å². The van der Waals surface area contributed by atoms with Gasteiger partial charge in [0.1, 0.15) is 5.82 Å². The number of aromatic nitrogens is 2. The minimum atomic E-state index is -0.0394. The summed E-state index contributed by atoms with van der Waals surface area (Å²) in [6.07, 6.45) is 15.9. The van der Waals surface area contributed by atoms with Crippen LogP contribution >= 0.6 is 0 Å². The lowest BCUT2D eigenvalue weighted by Gasteiger charge is -2.29. The van der Waals surface area contributed by atoms with Gasteiger partial charge in [-0.25, -0.2) is 4.99 Å². The van der Waals surface area contributed by atoms with E-state index in [-0.39, 0.29) is 29.7 Å². The lowest BCUT2D eigenvalue weighted by atomic mass is 9.96. The van der Waals surface area contributed by atoms with Crippen LogP contribution in [0.15, 0.2) is 44.7 Å². The first-order valence-corrected chi connectivity index (χ1v) is 17.6. The van der Waals surface area contributed by atoms with Crippen molar-refractivity contribution in [3.63, 3.8) is 0 Å². The number of nitrogens with one attached hydrogen (secondary N) is 1. The van der Waals surface area contributed by atoms with E-state index < -0.39 is 0 Å². The van der Waals surface area contributed by atoms with E-state index in [1.54, 1.807) is 43.6 Å². The molecular formula is C39H62N8O3. The number of rotatable bonds is 12. The predicted molar refractivity (Wildman–Crippen MR) is 209 cm³/mol. The number of allylic oxidation sites excluding steroid dienone is 5. The molecule has 2 aliphatic rings. The number of nitrogens with zero attached hydrogens (tertiary/aromatic N) is 7. The SMILES string of the molecule is C#CC.CC(C)CO.CCN/C(=C(/C)C(C)=O)n1ncc(C2=CCC=C(/C(C)=N/N(C)C)N=C2)c1/N=C(\C)C(C)CC1CCC(C)N1C(C)=O. The van der Waals surface area contributed by atoms with Gasteiger partial charge in [0.25, 0.3) is 0 Å². The smallest absolute Gasteiger partial charge is 0.219 e. The van der Waals surface area contributed by atoms with Crippen LogP contribution in [0.1, 0.15) is 107 Å². The average Bonchev–Trinajstić information content (AvgIpc) is 3.52. The number of carbonyl (C=O) groups excluding carboxylic acids is 2. The first-order valence-electron chi connectivity index (χ1n) is 17.6. The van der Waals surface area contributed by atoms with Gasteiger partial charge in [-0.2, -0.15) is 14.9 Å². The maximum absolute atomic E-state index is 12.4. The van der Waals surface area contributed by atoms with Crippen molar-refractivity contribution in [3.05, 3.63) is 35.2 Å². The molecule has 11 heteroatoms. The van der Waals surface area contributed by atoms with Gasteiger partial charge in [0.2, 0.25) is 5.91 Å². The third kappa shape index (κ3) is 13.2. The second kappa shape index (κ2) is 21.7. The summed E-state index contributed by atoms with van der Waals surface area (Å²) in [5, 5.41) is 22.5. The summed E-state index contributed by atoms with van der Waals surface area (Å²) in [5.41, 5.74) is 4.89. The number of Topliss-reactive ketones (excluding diaryl/α,β-unsaturated/α-hetero) is 1. The molecule has 50 heavy (non-hydrogen) atoms. The first-order chi connectivity index (χ1) is 23.5. The summed E-state index contributed by atoms with van der Waals surface area (Å²) >= 11 is 0. The number of carbonyl (C=O) groups is 2. The summed E-state index contributed by atoms with van der Waals surface area (Å²) in [4.78, 5) is 36.8. The van der Waals surface area contributed by atoms with Gasteiger partial charge in [0.15, 0.2) is 11.6 Å². The summed E-state index contributed by atoms with van der Waals surface area (Å²) in [5.74, 6) is 4.16. The van der Waals surface area contributed by atoms with E-state index in [1.807, 2.05) is 59.8 Å². The Morgan fingerprint density at radius 2 is 1.76 bits per heavy atom. The summed E-state index contributed by atoms with van der Waals surface area (Å²) in [6.45, 7) is 21.8. The number of aliphatic imine (C=N–C) groups is 2. The molecule has 3 unspecified atom stereocenters. The highest BCUT2D eigenvalue weighted by molar-refractivity contribution is 6.14. The van der Waals surface area contributed by atoms with E-state index in [4.69, 9.17) is 20.2 Å². The highest BCUT2D eigenvalue weighted by Crippen LogP contribution is 2.33. The minimum Gasteiger partial charge on any atom is -0.396 e. The van der Waals surface area contributed by atoms with Gasteiger partial charge < -0.3 is 20.3 Å². The Morgan fingerprint density at radius 1 is 1.14 bits per heavy atom. The molecule has 276 valence electrons. The number of hydrogen-bond donors (Lipinski definition) is 2. The van der Waals surface area contributed by atoms with Crippen molar-refractivity contribution in [1.29, 1.82) is 0 Å². The van der Waals surface area contributed by atoms with Crippen molar-refractivity contribution in [1.82, 2.24) is 25.0 Å². The Bertz CT molecular complexity index is 1520. The third-order valence-electron chi connectivity index (χ3n) is 8.34. The summed E-state index contributed by atoms with van der Waals surface area (Å²) < 4.78 is 1.73. The quantitative estimate of drug-likeness (QED) is 0.108. The fourth-order valence-corrected chi connectivity index (χ4v) is 5.56. The molecule has 0 aliphatic carbocycles. The summed E-state index contributed by atoms with van der Waals surface area (Å²) in [7, 11) is 3.78. The monoisotopic (exact) mass is 690 g/mol. The van der Waals surface area contributed by atoms with Gasteiger partial charge in [-0.05, 0) is 86.0 Å². The molecule has 1 saturated heterocycles. The molecule has 2 aliphatic heterocycles. The average molecular weight is 691 g/mol. The van der Waals surface area contributed by atoms with E-state index in [1.165, 1.54) is 0 Å². The fraction of sp³-hybridized carbons (Fsp3) is 0.590. The number of aliphatic hydroxyl groups excluding tert-OH is 1. The molecule has 1 aromatic heterocycles. The molecule has 0 radical (unpaired) electrons. The lowest BCUT2D eigenvalue weighted by molar-refractivity contribution is -0.131. The van der Waals surface area contributed by atoms with Crippen LogP contribution in [0.4, 0.5) is 5.82 Å². The molecule has 3 rings (SSSR count). The van der Waals surface area contributed by atoms with Gasteiger partial charge in [0, 0.05) is 74.9 Å². The van der Waals surface area contributed by atoms with Crippen molar-refractivity contribution < 1.29 is 14.7 Å². The molecule has 0 spiro atoms. The molecule has 0 bridgehead atoms. The molecule has 1 fully saturated rings. The second-order valence-corrected chi connectivity index (χ2v) is 13.4. The highest BCUT2D eigenvalue weighted by Gasteiger charge is 2.33. The van der Waals surface area contributed by atoms with Crippen LogP contribution < -0.4 is 5.32 Å². The number of ketones is 1. The second-order valence-electron chi connectivity index (χ2n) is 13.4. The third-order valence-corrected chi connectivity index (χ3v) is 8.34. The number of terminal acetylenes is 1. The summed E-state index contributed by atoms with van der Waals surface area (Å²) in [6, 6.07) is 0.464. The van der Waals surface area contributed by atoms with Crippen molar-refractivity contribution in [3.8, 4) is 12.3 Å². The molecule has 0 aromatic carbocycles. The molecular weight excluding hydrogens is 628 g/mol. The highest BCUT2D eigenvalue weighted by atomic mass is 16.3. The number of aliphatic hydroxyl groups is 1. The van der Waals surface area contributed by atoms with Crippen LogP contribution in [0.25, 0.3) is 11.4 Å². The minimum absolute atomic E-state index is 0.0394. The zero-order chi connectivity index (χ0) is 38.1. The number of likely N-dealkylation sites (tertiary alicyclic amines) is 1. The Balaban J connectivity index is 0.00000141. The van der Waals surface area contributed by atoms with Crippen LogP contribution in [0.2, 0.25) is 0 Å². The van der Waals surface area contributed by atoms with Crippen molar-refractivity contribution in [2.75, 3.05) is 27.2 Å². The van der Waals surface area contributed by atoms with Gasteiger partial charge in [-0.15, -0.1) is 12.3 Å². The fourth-order valence-electron chi connectivity index (χ4n) is 5.56. The normalized spacial score (nSPS) is 18.7. The van der Waals surface area contributed by atoms with E-state index in [2.05, 4.69) is 48.8 Å². The van der Waals surface area contributed by atoms with Crippen LogP contribution in [0, 0.1) is 24.2 Å². The van der Waals surface area contributed by atoms with Crippen molar-refractivity contribution >= 4 is 46.5 Å².